The van der Waals surface area contributed by atoms with Crippen LogP contribution in [0.3, 0.4) is 0 Å². The number of hydrogen-bond acceptors (Lipinski definition) is 4. The Labute approximate surface area is 107 Å². The minimum atomic E-state index is -0.425. The fourth-order valence-corrected chi connectivity index (χ4v) is 2.38. The maximum atomic E-state index is 12.2. The number of aliphatic hydroxyl groups is 1. The molecule has 98 valence electrons. The smallest absolute Gasteiger partial charge is 0.274 e. The lowest BCUT2D eigenvalue weighted by atomic mass is 9.91. The molecule has 1 aromatic rings. The van der Waals surface area contributed by atoms with E-state index in [4.69, 9.17) is 0 Å². The quantitative estimate of drug-likeness (QED) is 0.854. The minimum Gasteiger partial charge on any atom is -0.391 e. The van der Waals surface area contributed by atoms with Crippen LogP contribution in [0.25, 0.3) is 0 Å². The van der Waals surface area contributed by atoms with Gasteiger partial charge in [0.15, 0.2) is 0 Å². The van der Waals surface area contributed by atoms with Crippen LogP contribution in [0.1, 0.15) is 41.9 Å². The van der Waals surface area contributed by atoms with Gasteiger partial charge in [-0.2, -0.15) is 0 Å². The second kappa shape index (κ2) is 5.44. The normalized spacial score (nSPS) is 23.7. The molecule has 0 saturated heterocycles. The van der Waals surface area contributed by atoms with E-state index in [2.05, 4.69) is 9.97 Å². The molecule has 1 aliphatic rings. The van der Waals surface area contributed by atoms with Crippen LogP contribution >= 0.6 is 0 Å². The van der Waals surface area contributed by atoms with E-state index < -0.39 is 6.10 Å². The summed E-state index contributed by atoms with van der Waals surface area (Å²) in [5, 5.41) is 9.95. The Morgan fingerprint density at radius 3 is 2.67 bits per heavy atom. The SMILES string of the molecule is Cc1cnc(C(=O)N(C)C2CCCCC2O)cn1. The zero-order chi connectivity index (χ0) is 13.1. The molecular formula is C13H19N3O2. The monoisotopic (exact) mass is 249 g/mol. The van der Waals surface area contributed by atoms with Crippen molar-refractivity contribution in [3.05, 3.63) is 23.8 Å². The van der Waals surface area contributed by atoms with Crippen LogP contribution in [0.5, 0.6) is 0 Å². The number of hydrogen-bond donors (Lipinski definition) is 1. The van der Waals surface area contributed by atoms with Crippen molar-refractivity contribution in [3.8, 4) is 0 Å². The molecule has 1 fully saturated rings. The van der Waals surface area contributed by atoms with Gasteiger partial charge in [-0.15, -0.1) is 0 Å². The molecular weight excluding hydrogens is 230 g/mol. The number of carbonyl (C=O) groups excluding carboxylic acids is 1. The van der Waals surface area contributed by atoms with Crippen LogP contribution in [0.2, 0.25) is 0 Å². The van der Waals surface area contributed by atoms with E-state index in [0.29, 0.717) is 5.69 Å². The average Bonchev–Trinajstić information content (AvgIpc) is 2.38. The predicted molar refractivity (Wildman–Crippen MR) is 67.1 cm³/mol. The lowest BCUT2D eigenvalue weighted by molar-refractivity contribution is 0.0264. The number of likely N-dealkylation sites (N-methyl/N-ethyl adjacent to an activating group) is 1. The second-order valence-electron chi connectivity index (χ2n) is 4.88. The number of aromatic nitrogens is 2. The zero-order valence-corrected chi connectivity index (χ0v) is 10.8. The Balaban J connectivity index is 2.10. The largest absolute Gasteiger partial charge is 0.391 e. The first-order valence-corrected chi connectivity index (χ1v) is 6.33. The molecule has 5 nitrogen and oxygen atoms in total. The van der Waals surface area contributed by atoms with E-state index >= 15 is 0 Å². The fourth-order valence-electron chi connectivity index (χ4n) is 2.38. The van der Waals surface area contributed by atoms with Gasteiger partial charge in [-0.3, -0.25) is 9.78 Å². The van der Waals surface area contributed by atoms with Crippen LogP contribution in [-0.4, -0.2) is 45.1 Å². The molecule has 2 rings (SSSR count). The van der Waals surface area contributed by atoms with Crippen LogP contribution in [-0.2, 0) is 0 Å². The molecule has 1 heterocycles. The van der Waals surface area contributed by atoms with E-state index in [1.54, 1.807) is 18.1 Å². The molecule has 0 bridgehead atoms. The number of nitrogens with zero attached hydrogens (tertiary/aromatic N) is 3. The van der Waals surface area contributed by atoms with E-state index in [9.17, 15) is 9.90 Å². The molecule has 1 aromatic heterocycles. The molecule has 1 saturated carbocycles. The van der Waals surface area contributed by atoms with Gasteiger partial charge in [0.05, 0.1) is 24.0 Å². The van der Waals surface area contributed by atoms with Gasteiger partial charge in [-0.05, 0) is 19.8 Å². The molecule has 1 N–H and O–H groups in total. The lowest BCUT2D eigenvalue weighted by Gasteiger charge is -2.34. The van der Waals surface area contributed by atoms with Gasteiger partial charge < -0.3 is 10.0 Å². The van der Waals surface area contributed by atoms with Gasteiger partial charge in [-0.1, -0.05) is 12.8 Å². The minimum absolute atomic E-state index is 0.102. The maximum Gasteiger partial charge on any atom is 0.274 e. The van der Waals surface area contributed by atoms with Gasteiger partial charge in [0.1, 0.15) is 5.69 Å². The van der Waals surface area contributed by atoms with Crippen LogP contribution < -0.4 is 0 Å². The molecule has 18 heavy (non-hydrogen) atoms. The highest BCUT2D eigenvalue weighted by molar-refractivity contribution is 5.92. The van der Waals surface area contributed by atoms with Crippen molar-refractivity contribution in [3.63, 3.8) is 0 Å². The lowest BCUT2D eigenvalue weighted by Crippen LogP contribution is -2.46. The molecule has 0 radical (unpaired) electrons. The molecule has 0 aliphatic heterocycles. The van der Waals surface area contributed by atoms with Crippen molar-refractivity contribution in [2.75, 3.05) is 7.05 Å². The molecule has 2 unspecified atom stereocenters. The van der Waals surface area contributed by atoms with Gasteiger partial charge in [0.2, 0.25) is 0 Å². The molecule has 1 amide bonds. The summed E-state index contributed by atoms with van der Waals surface area (Å²) in [6, 6.07) is -0.102. The number of aliphatic hydroxyl groups excluding tert-OH is 1. The van der Waals surface area contributed by atoms with Crippen molar-refractivity contribution >= 4 is 5.91 Å². The number of carbonyl (C=O) groups is 1. The zero-order valence-electron chi connectivity index (χ0n) is 10.8. The molecule has 0 aromatic carbocycles. The van der Waals surface area contributed by atoms with Crippen molar-refractivity contribution in [1.29, 1.82) is 0 Å². The summed E-state index contributed by atoms with van der Waals surface area (Å²) in [7, 11) is 1.73. The van der Waals surface area contributed by atoms with Crippen molar-refractivity contribution in [1.82, 2.24) is 14.9 Å². The Bertz CT molecular complexity index is 419. The number of rotatable bonds is 2. The average molecular weight is 249 g/mol. The highest BCUT2D eigenvalue weighted by Crippen LogP contribution is 2.23. The first-order valence-electron chi connectivity index (χ1n) is 6.33. The summed E-state index contributed by atoms with van der Waals surface area (Å²) < 4.78 is 0. The highest BCUT2D eigenvalue weighted by atomic mass is 16.3. The van der Waals surface area contributed by atoms with Crippen molar-refractivity contribution in [2.45, 2.75) is 44.8 Å². The molecule has 0 spiro atoms. The topological polar surface area (TPSA) is 66.3 Å². The summed E-state index contributed by atoms with van der Waals surface area (Å²) in [5.74, 6) is -0.173. The molecule has 5 heteroatoms. The first-order chi connectivity index (χ1) is 8.59. The van der Waals surface area contributed by atoms with Gasteiger partial charge in [0.25, 0.3) is 5.91 Å². The van der Waals surface area contributed by atoms with E-state index in [0.717, 1.165) is 31.4 Å². The summed E-state index contributed by atoms with van der Waals surface area (Å²) in [5.41, 5.74) is 1.12. The van der Waals surface area contributed by atoms with Gasteiger partial charge >= 0.3 is 0 Å². The standard InChI is InChI=1S/C13H19N3O2/c1-9-7-15-10(8-14-9)13(18)16(2)11-5-3-4-6-12(11)17/h7-8,11-12,17H,3-6H2,1-2H3. The fraction of sp³-hybridized carbons (Fsp3) is 0.615. The van der Waals surface area contributed by atoms with Crippen molar-refractivity contribution in [2.24, 2.45) is 0 Å². The highest BCUT2D eigenvalue weighted by Gasteiger charge is 2.30. The molecule has 2 atom stereocenters. The first kappa shape index (κ1) is 13.0. The third-order valence-corrected chi connectivity index (χ3v) is 3.51. The number of amides is 1. The third-order valence-electron chi connectivity index (χ3n) is 3.51. The second-order valence-corrected chi connectivity index (χ2v) is 4.88. The Morgan fingerprint density at radius 2 is 2.06 bits per heavy atom. The molecule has 1 aliphatic carbocycles. The van der Waals surface area contributed by atoms with Crippen LogP contribution in [0, 0.1) is 6.92 Å². The summed E-state index contributed by atoms with van der Waals surface area (Å²) >= 11 is 0. The number of aryl methyl sites for hydroxylation is 1. The summed E-state index contributed by atoms with van der Waals surface area (Å²) in [4.78, 5) is 22.0. The van der Waals surface area contributed by atoms with E-state index in [1.807, 2.05) is 6.92 Å². The van der Waals surface area contributed by atoms with Crippen LogP contribution in [0.4, 0.5) is 0 Å². The van der Waals surface area contributed by atoms with Crippen molar-refractivity contribution < 1.29 is 9.90 Å². The Kier molecular flexibility index (Phi) is 3.91. The predicted octanol–water partition coefficient (Wildman–Crippen LogP) is 1.16. The van der Waals surface area contributed by atoms with Gasteiger partial charge in [0, 0.05) is 13.2 Å². The van der Waals surface area contributed by atoms with Crippen LogP contribution in [0.15, 0.2) is 12.4 Å². The van der Waals surface area contributed by atoms with E-state index in [-0.39, 0.29) is 11.9 Å². The van der Waals surface area contributed by atoms with E-state index in [1.165, 1.54) is 6.20 Å². The Morgan fingerprint density at radius 1 is 1.33 bits per heavy atom. The summed E-state index contributed by atoms with van der Waals surface area (Å²) in [6.07, 6.45) is 6.35. The maximum absolute atomic E-state index is 12.2. The Hall–Kier alpha value is -1.49. The third kappa shape index (κ3) is 2.67. The summed E-state index contributed by atoms with van der Waals surface area (Å²) in [6.45, 7) is 1.83. The van der Waals surface area contributed by atoms with Gasteiger partial charge in [-0.25, -0.2) is 4.98 Å².